The van der Waals surface area contributed by atoms with Gasteiger partial charge in [0.1, 0.15) is 5.67 Å². The van der Waals surface area contributed by atoms with Crippen molar-refractivity contribution in [2.24, 2.45) is 0 Å². The van der Waals surface area contributed by atoms with Crippen LogP contribution < -0.4 is 5.32 Å². The molecule has 1 fully saturated rings. The first-order valence-corrected chi connectivity index (χ1v) is 3.59. The minimum atomic E-state index is -0.950. The van der Waals surface area contributed by atoms with Crippen LogP contribution in [0.15, 0.2) is 0 Å². The van der Waals surface area contributed by atoms with Crippen LogP contribution >= 0.6 is 0 Å². The van der Waals surface area contributed by atoms with Gasteiger partial charge in [-0.15, -0.1) is 0 Å². The van der Waals surface area contributed by atoms with E-state index in [4.69, 9.17) is 0 Å². The first-order chi connectivity index (χ1) is 4.17. The molecule has 0 aromatic rings. The molecule has 54 valence electrons. The smallest absolute Gasteiger partial charge is 0.124 e. The minimum Gasteiger partial charge on any atom is -0.311 e. The van der Waals surface area contributed by atoms with E-state index < -0.39 is 5.67 Å². The van der Waals surface area contributed by atoms with Gasteiger partial charge in [-0.05, 0) is 26.3 Å². The molecular formula is C7H14FN. The summed E-state index contributed by atoms with van der Waals surface area (Å²) in [6.45, 7) is 4.54. The normalized spacial score (nSPS) is 43.7. The molecule has 2 atom stereocenters. The van der Waals surface area contributed by atoms with Crippen molar-refractivity contribution in [3.63, 3.8) is 0 Å². The van der Waals surface area contributed by atoms with Gasteiger partial charge in [0.2, 0.25) is 0 Å². The quantitative estimate of drug-likeness (QED) is 0.568. The van der Waals surface area contributed by atoms with Crippen LogP contribution in [0.5, 0.6) is 0 Å². The van der Waals surface area contributed by atoms with Crippen LogP contribution in [0.1, 0.15) is 26.7 Å². The third-order valence-electron chi connectivity index (χ3n) is 2.14. The fourth-order valence-electron chi connectivity index (χ4n) is 1.45. The van der Waals surface area contributed by atoms with E-state index in [1.54, 1.807) is 6.92 Å². The molecule has 0 amide bonds. The second kappa shape index (κ2) is 2.25. The van der Waals surface area contributed by atoms with E-state index in [1.165, 1.54) is 0 Å². The maximum Gasteiger partial charge on any atom is 0.124 e. The van der Waals surface area contributed by atoms with Crippen molar-refractivity contribution in [2.75, 3.05) is 6.54 Å². The van der Waals surface area contributed by atoms with E-state index in [1.807, 2.05) is 6.92 Å². The van der Waals surface area contributed by atoms with Crippen molar-refractivity contribution < 1.29 is 4.39 Å². The van der Waals surface area contributed by atoms with Crippen LogP contribution in [0.4, 0.5) is 4.39 Å². The molecule has 1 aliphatic heterocycles. The van der Waals surface area contributed by atoms with E-state index in [9.17, 15) is 4.39 Å². The number of hydrogen-bond acceptors (Lipinski definition) is 1. The highest BCUT2D eigenvalue weighted by Gasteiger charge is 2.36. The summed E-state index contributed by atoms with van der Waals surface area (Å²) in [6, 6.07) is 0.0949. The van der Waals surface area contributed by atoms with E-state index in [0.29, 0.717) is 6.42 Å². The average molecular weight is 131 g/mol. The second-order valence-electron chi connectivity index (χ2n) is 2.94. The van der Waals surface area contributed by atoms with Crippen molar-refractivity contribution in [1.29, 1.82) is 0 Å². The lowest BCUT2D eigenvalue weighted by atomic mass is 9.98. The summed E-state index contributed by atoms with van der Waals surface area (Å²) >= 11 is 0. The Morgan fingerprint density at radius 1 is 1.78 bits per heavy atom. The third-order valence-corrected chi connectivity index (χ3v) is 2.14. The van der Waals surface area contributed by atoms with E-state index in [-0.39, 0.29) is 6.04 Å². The van der Waals surface area contributed by atoms with E-state index in [2.05, 4.69) is 5.32 Å². The molecule has 2 unspecified atom stereocenters. The third kappa shape index (κ3) is 1.23. The lowest BCUT2D eigenvalue weighted by molar-refractivity contribution is 0.165. The highest BCUT2D eigenvalue weighted by molar-refractivity contribution is 4.93. The standard InChI is InChI=1S/C7H14FN/c1-3-6-7(2,8)4-5-9-6/h6,9H,3-5H2,1-2H3. The maximum absolute atomic E-state index is 13.2. The Labute approximate surface area is 55.6 Å². The molecule has 1 saturated heterocycles. The highest BCUT2D eigenvalue weighted by atomic mass is 19.1. The van der Waals surface area contributed by atoms with Crippen molar-refractivity contribution in [2.45, 2.75) is 38.4 Å². The second-order valence-corrected chi connectivity index (χ2v) is 2.94. The summed E-state index contributed by atoms with van der Waals surface area (Å²) in [5.41, 5.74) is -0.950. The largest absolute Gasteiger partial charge is 0.311 e. The molecule has 0 radical (unpaired) electrons. The summed E-state index contributed by atoms with van der Waals surface area (Å²) in [6.07, 6.45) is 1.57. The SMILES string of the molecule is CCC1NCCC1(C)F. The van der Waals surface area contributed by atoms with Crippen LogP contribution in [-0.2, 0) is 0 Å². The number of alkyl halides is 1. The van der Waals surface area contributed by atoms with E-state index >= 15 is 0 Å². The van der Waals surface area contributed by atoms with Crippen molar-refractivity contribution in [3.8, 4) is 0 Å². The van der Waals surface area contributed by atoms with Crippen LogP contribution in [0.2, 0.25) is 0 Å². The van der Waals surface area contributed by atoms with Gasteiger partial charge in [0.15, 0.2) is 0 Å². The van der Waals surface area contributed by atoms with Gasteiger partial charge in [-0.3, -0.25) is 0 Å². The molecule has 0 aliphatic carbocycles. The number of hydrogen-bond donors (Lipinski definition) is 1. The van der Waals surface area contributed by atoms with Gasteiger partial charge in [-0.1, -0.05) is 6.92 Å². The van der Waals surface area contributed by atoms with Gasteiger partial charge in [-0.25, -0.2) is 4.39 Å². The van der Waals surface area contributed by atoms with Crippen molar-refractivity contribution in [3.05, 3.63) is 0 Å². The van der Waals surface area contributed by atoms with Gasteiger partial charge in [-0.2, -0.15) is 0 Å². The zero-order valence-corrected chi connectivity index (χ0v) is 6.08. The first-order valence-electron chi connectivity index (χ1n) is 3.59. The molecule has 0 aromatic carbocycles. The van der Waals surface area contributed by atoms with Crippen LogP contribution in [-0.4, -0.2) is 18.3 Å². The van der Waals surface area contributed by atoms with Gasteiger partial charge in [0.05, 0.1) is 0 Å². The summed E-state index contributed by atoms with van der Waals surface area (Å²) in [7, 11) is 0. The average Bonchev–Trinajstić information content (AvgIpc) is 2.08. The fourth-order valence-corrected chi connectivity index (χ4v) is 1.45. The van der Waals surface area contributed by atoms with Gasteiger partial charge in [0.25, 0.3) is 0 Å². The number of halogens is 1. The number of rotatable bonds is 1. The van der Waals surface area contributed by atoms with Crippen LogP contribution in [0.25, 0.3) is 0 Å². The van der Waals surface area contributed by atoms with Gasteiger partial charge in [0, 0.05) is 6.04 Å². The molecule has 0 spiro atoms. The molecule has 1 aliphatic rings. The predicted octanol–water partition coefficient (Wildman–Crippen LogP) is 1.49. The summed E-state index contributed by atoms with van der Waals surface area (Å²) in [4.78, 5) is 0. The van der Waals surface area contributed by atoms with Crippen LogP contribution in [0, 0.1) is 0 Å². The molecule has 0 bridgehead atoms. The first kappa shape index (κ1) is 7.00. The van der Waals surface area contributed by atoms with Crippen LogP contribution in [0.3, 0.4) is 0 Å². The lowest BCUT2D eigenvalue weighted by Gasteiger charge is -2.20. The molecule has 0 aromatic heterocycles. The molecule has 9 heavy (non-hydrogen) atoms. The summed E-state index contributed by atoms with van der Waals surface area (Å²) in [5, 5.41) is 3.12. The molecule has 1 rings (SSSR count). The zero-order chi connectivity index (χ0) is 6.91. The van der Waals surface area contributed by atoms with Crippen molar-refractivity contribution in [1.82, 2.24) is 5.32 Å². The van der Waals surface area contributed by atoms with Gasteiger partial charge < -0.3 is 5.32 Å². The summed E-state index contributed by atoms with van der Waals surface area (Å²) in [5.74, 6) is 0. The molecular weight excluding hydrogens is 117 g/mol. The number of nitrogens with one attached hydrogen (secondary N) is 1. The Morgan fingerprint density at radius 3 is 2.67 bits per heavy atom. The maximum atomic E-state index is 13.2. The highest BCUT2D eigenvalue weighted by Crippen LogP contribution is 2.26. The monoisotopic (exact) mass is 131 g/mol. The molecule has 2 heteroatoms. The Balaban J connectivity index is 2.52. The molecule has 1 heterocycles. The Bertz CT molecular complexity index is 101. The fraction of sp³-hybridized carbons (Fsp3) is 1.00. The van der Waals surface area contributed by atoms with Gasteiger partial charge >= 0.3 is 0 Å². The summed E-state index contributed by atoms with van der Waals surface area (Å²) < 4.78 is 13.2. The Morgan fingerprint density at radius 2 is 2.44 bits per heavy atom. The lowest BCUT2D eigenvalue weighted by Crippen LogP contribution is -2.35. The predicted molar refractivity (Wildman–Crippen MR) is 36.2 cm³/mol. The Hall–Kier alpha value is -0.110. The molecule has 1 nitrogen and oxygen atoms in total. The topological polar surface area (TPSA) is 12.0 Å². The Kier molecular flexibility index (Phi) is 1.75. The van der Waals surface area contributed by atoms with E-state index in [0.717, 1.165) is 13.0 Å². The minimum absolute atomic E-state index is 0.0949. The zero-order valence-electron chi connectivity index (χ0n) is 6.08. The van der Waals surface area contributed by atoms with Crippen molar-refractivity contribution >= 4 is 0 Å². The molecule has 0 saturated carbocycles. The molecule has 1 N–H and O–H groups in total.